The minimum absolute atomic E-state index is 0.0183. The summed E-state index contributed by atoms with van der Waals surface area (Å²) in [6.07, 6.45) is 0.672. The third-order valence-electron chi connectivity index (χ3n) is 4.24. The Balaban J connectivity index is 2.04. The number of carbonyl (C=O) groups excluding carboxylic acids is 1. The van der Waals surface area contributed by atoms with Gasteiger partial charge in [0.15, 0.2) is 0 Å². The lowest BCUT2D eigenvalue weighted by Gasteiger charge is -2.16. The third kappa shape index (κ3) is 1.30. The van der Waals surface area contributed by atoms with Crippen LogP contribution < -0.4 is 0 Å². The number of ketones is 1. The second-order valence-corrected chi connectivity index (χ2v) is 5.24. The molecule has 17 heavy (non-hydrogen) atoms. The maximum atomic E-state index is 12.6. The van der Waals surface area contributed by atoms with Gasteiger partial charge in [-0.3, -0.25) is 4.79 Å². The molecular formula is C12H10ClF3O. The van der Waals surface area contributed by atoms with Crippen molar-refractivity contribution >= 4 is 17.4 Å². The molecule has 0 saturated heterocycles. The Morgan fingerprint density at radius 2 is 1.94 bits per heavy atom. The first-order valence-corrected chi connectivity index (χ1v) is 6.04. The molecule has 3 aliphatic carbocycles. The van der Waals surface area contributed by atoms with E-state index in [-0.39, 0.29) is 28.7 Å². The van der Waals surface area contributed by atoms with Gasteiger partial charge in [-0.25, -0.2) is 0 Å². The quantitative estimate of drug-likeness (QED) is 0.551. The Kier molecular flexibility index (Phi) is 2.11. The van der Waals surface area contributed by atoms with Gasteiger partial charge < -0.3 is 0 Å². The number of hydrogen-bond acceptors (Lipinski definition) is 1. The highest BCUT2D eigenvalue weighted by atomic mass is 35.5. The molecule has 1 nitrogen and oxygen atoms in total. The van der Waals surface area contributed by atoms with Gasteiger partial charge in [-0.1, -0.05) is 12.2 Å². The summed E-state index contributed by atoms with van der Waals surface area (Å²) in [6.45, 7) is 0. The van der Waals surface area contributed by atoms with Gasteiger partial charge in [0.1, 0.15) is 0 Å². The molecule has 2 bridgehead atoms. The molecule has 0 N–H and O–H groups in total. The molecule has 0 aromatic heterocycles. The Morgan fingerprint density at radius 1 is 1.35 bits per heavy atom. The van der Waals surface area contributed by atoms with Gasteiger partial charge in [-0.2, -0.15) is 13.2 Å². The Labute approximate surface area is 101 Å². The lowest BCUT2D eigenvalue weighted by atomic mass is 9.88. The van der Waals surface area contributed by atoms with Gasteiger partial charge in [0.25, 0.3) is 5.78 Å². The van der Waals surface area contributed by atoms with E-state index >= 15 is 0 Å². The molecule has 3 aliphatic rings. The van der Waals surface area contributed by atoms with Crippen molar-refractivity contribution in [2.75, 3.05) is 5.88 Å². The van der Waals surface area contributed by atoms with Gasteiger partial charge in [0.2, 0.25) is 0 Å². The van der Waals surface area contributed by atoms with E-state index in [2.05, 4.69) is 0 Å². The van der Waals surface area contributed by atoms with Crippen molar-refractivity contribution in [1.29, 1.82) is 0 Å². The highest BCUT2D eigenvalue weighted by molar-refractivity contribution is 6.20. The molecule has 92 valence electrons. The molecule has 0 aromatic carbocycles. The second-order valence-electron chi connectivity index (χ2n) is 4.97. The summed E-state index contributed by atoms with van der Waals surface area (Å²) in [4.78, 5) is 11.5. The van der Waals surface area contributed by atoms with Crippen LogP contribution in [0.4, 0.5) is 13.2 Å². The van der Waals surface area contributed by atoms with Crippen molar-refractivity contribution < 1.29 is 18.0 Å². The first-order chi connectivity index (χ1) is 7.92. The van der Waals surface area contributed by atoms with Gasteiger partial charge in [0.05, 0.1) is 0 Å². The molecule has 3 rings (SSSR count). The third-order valence-corrected chi connectivity index (χ3v) is 4.53. The molecule has 2 atom stereocenters. The Bertz CT molecular complexity index is 457. The number of carbonyl (C=O) groups is 1. The molecule has 0 amide bonds. The van der Waals surface area contributed by atoms with Crippen LogP contribution in [0.25, 0.3) is 0 Å². The summed E-state index contributed by atoms with van der Waals surface area (Å²) in [6, 6.07) is 0. The highest BCUT2D eigenvalue weighted by Gasteiger charge is 2.65. The minimum atomic E-state index is -4.79. The number of Topliss-reactive ketones (excluding diaryl/α,β-unsaturated/α-hetero) is 1. The van der Waals surface area contributed by atoms with Crippen LogP contribution in [-0.2, 0) is 4.79 Å². The van der Waals surface area contributed by atoms with Crippen molar-refractivity contribution in [3.8, 4) is 0 Å². The van der Waals surface area contributed by atoms with E-state index in [9.17, 15) is 18.0 Å². The molecule has 0 aromatic rings. The Morgan fingerprint density at radius 3 is 2.41 bits per heavy atom. The van der Waals surface area contributed by atoms with Crippen LogP contribution in [0.2, 0.25) is 0 Å². The number of halogens is 4. The maximum Gasteiger partial charge on any atom is 0.454 e. The summed E-state index contributed by atoms with van der Waals surface area (Å²) < 4.78 is 37.7. The fraction of sp³-hybridized carbons (Fsp3) is 0.583. The topological polar surface area (TPSA) is 17.1 Å². The van der Waals surface area contributed by atoms with Crippen LogP contribution >= 0.6 is 11.6 Å². The van der Waals surface area contributed by atoms with Gasteiger partial charge in [-0.15, -0.1) is 11.6 Å². The van der Waals surface area contributed by atoms with E-state index in [4.69, 9.17) is 11.6 Å². The van der Waals surface area contributed by atoms with E-state index < -0.39 is 12.0 Å². The monoisotopic (exact) mass is 262 g/mol. The molecular weight excluding hydrogens is 253 g/mol. The highest BCUT2D eigenvalue weighted by Crippen LogP contribution is 2.70. The molecule has 0 radical (unpaired) electrons. The van der Waals surface area contributed by atoms with Crippen molar-refractivity contribution in [2.45, 2.75) is 19.0 Å². The normalized spacial score (nSPS) is 32.7. The average molecular weight is 263 g/mol. The number of allylic oxidation sites excluding steroid dienone is 4. The zero-order valence-corrected chi connectivity index (χ0v) is 9.61. The van der Waals surface area contributed by atoms with E-state index in [1.54, 1.807) is 6.08 Å². The summed E-state index contributed by atoms with van der Waals surface area (Å²) in [5.41, 5.74) is 0.303. The van der Waals surface area contributed by atoms with Crippen LogP contribution in [0.1, 0.15) is 12.8 Å². The van der Waals surface area contributed by atoms with Crippen molar-refractivity contribution in [3.63, 3.8) is 0 Å². The van der Waals surface area contributed by atoms with E-state index in [0.717, 1.165) is 12.8 Å². The first-order valence-electron chi connectivity index (χ1n) is 5.50. The molecule has 1 saturated carbocycles. The lowest BCUT2D eigenvalue weighted by Crippen LogP contribution is -2.28. The predicted octanol–water partition coefficient (Wildman–Crippen LogP) is 3.25. The lowest BCUT2D eigenvalue weighted by molar-refractivity contribution is -0.167. The molecule has 0 heterocycles. The predicted molar refractivity (Wildman–Crippen MR) is 56.6 cm³/mol. The van der Waals surface area contributed by atoms with Crippen molar-refractivity contribution in [1.82, 2.24) is 0 Å². The largest absolute Gasteiger partial charge is 0.454 e. The smallest absolute Gasteiger partial charge is 0.284 e. The summed E-state index contributed by atoms with van der Waals surface area (Å²) >= 11 is 5.73. The second kappa shape index (κ2) is 3.16. The molecule has 5 heteroatoms. The maximum absolute atomic E-state index is 12.6. The molecule has 0 aliphatic heterocycles. The molecule has 2 unspecified atom stereocenters. The van der Waals surface area contributed by atoms with Crippen molar-refractivity contribution in [2.24, 2.45) is 17.3 Å². The SMILES string of the molecule is O=C(C1=C(CCl)C2C=CC1C21CC1)C(F)(F)F. The number of rotatable bonds is 2. The number of alkyl halides is 4. The first kappa shape index (κ1) is 11.3. The van der Waals surface area contributed by atoms with E-state index in [0.29, 0.717) is 5.57 Å². The van der Waals surface area contributed by atoms with Crippen LogP contribution in [0.3, 0.4) is 0 Å². The van der Waals surface area contributed by atoms with Crippen LogP contribution in [-0.4, -0.2) is 17.8 Å². The number of hydrogen-bond donors (Lipinski definition) is 0. The van der Waals surface area contributed by atoms with Gasteiger partial charge in [-0.05, 0) is 23.8 Å². The summed E-state index contributed by atoms with van der Waals surface area (Å²) in [5.74, 6) is -2.07. The summed E-state index contributed by atoms with van der Waals surface area (Å²) in [5, 5.41) is 0. The van der Waals surface area contributed by atoms with Crippen LogP contribution in [0, 0.1) is 17.3 Å². The molecule has 1 fully saturated rings. The fourth-order valence-corrected chi connectivity index (χ4v) is 3.68. The Hall–Kier alpha value is -0.770. The zero-order valence-electron chi connectivity index (χ0n) is 8.85. The van der Waals surface area contributed by atoms with E-state index in [1.165, 1.54) is 0 Å². The van der Waals surface area contributed by atoms with E-state index in [1.807, 2.05) is 6.08 Å². The average Bonchev–Trinajstić information content (AvgIpc) is 2.91. The molecule has 1 spiro atoms. The van der Waals surface area contributed by atoms with Crippen LogP contribution in [0.15, 0.2) is 23.3 Å². The fourth-order valence-electron chi connectivity index (χ4n) is 3.37. The van der Waals surface area contributed by atoms with Gasteiger partial charge in [0, 0.05) is 23.3 Å². The summed E-state index contributed by atoms with van der Waals surface area (Å²) in [7, 11) is 0. The van der Waals surface area contributed by atoms with Crippen molar-refractivity contribution in [3.05, 3.63) is 23.3 Å². The minimum Gasteiger partial charge on any atom is -0.284 e. The van der Waals surface area contributed by atoms with Crippen LogP contribution in [0.5, 0.6) is 0 Å². The standard InChI is InChI=1S/C12H10ClF3O/c13-5-6-7-1-2-8(11(7)3-4-11)9(6)10(17)12(14,15)16/h1-2,7-8H,3-5H2. The zero-order chi connectivity index (χ0) is 12.4. The van der Waals surface area contributed by atoms with Gasteiger partial charge >= 0.3 is 6.18 Å².